The van der Waals surface area contributed by atoms with Crippen molar-refractivity contribution >= 4 is 22.7 Å². The average Bonchev–Trinajstić information content (AvgIpc) is 2.99. The minimum Gasteiger partial charge on any atom is -0.363 e. The monoisotopic (exact) mass is 369 g/mol. The van der Waals surface area contributed by atoms with Crippen molar-refractivity contribution in [3.8, 4) is 0 Å². The van der Waals surface area contributed by atoms with Gasteiger partial charge in [-0.1, -0.05) is 12.1 Å². The zero-order valence-electron chi connectivity index (χ0n) is 16.3. The average molecular weight is 369 g/mol. The SMILES string of the molecule is Cc1[nH]c2c(C)ccc(C)c2c1CC(=O)N1CCC2(CC1)CNC(=O)CO2. The van der Waals surface area contributed by atoms with Gasteiger partial charge in [-0.15, -0.1) is 0 Å². The van der Waals surface area contributed by atoms with Crippen LogP contribution in [0.5, 0.6) is 0 Å². The van der Waals surface area contributed by atoms with Crippen molar-refractivity contribution in [3.05, 3.63) is 34.5 Å². The van der Waals surface area contributed by atoms with Gasteiger partial charge in [0.15, 0.2) is 0 Å². The van der Waals surface area contributed by atoms with Crippen molar-refractivity contribution < 1.29 is 14.3 Å². The van der Waals surface area contributed by atoms with Gasteiger partial charge >= 0.3 is 0 Å². The number of aromatic nitrogens is 1. The second-order valence-corrected chi connectivity index (χ2v) is 7.98. The molecule has 0 unspecified atom stereocenters. The number of piperidine rings is 1. The molecule has 1 aromatic heterocycles. The number of benzene rings is 1. The van der Waals surface area contributed by atoms with Crippen molar-refractivity contribution in [2.45, 2.75) is 45.6 Å². The second-order valence-electron chi connectivity index (χ2n) is 7.98. The lowest BCUT2D eigenvalue weighted by molar-refractivity contribution is -0.154. The lowest BCUT2D eigenvalue weighted by Gasteiger charge is -2.43. The Bertz CT molecular complexity index is 895. The van der Waals surface area contributed by atoms with E-state index in [4.69, 9.17) is 4.74 Å². The number of ether oxygens (including phenoxy) is 1. The first-order valence-electron chi connectivity index (χ1n) is 9.64. The molecule has 0 radical (unpaired) electrons. The summed E-state index contributed by atoms with van der Waals surface area (Å²) in [5.74, 6) is 0.106. The molecule has 27 heavy (non-hydrogen) atoms. The standard InChI is InChI=1S/C21H27N3O3/c1-13-4-5-14(2)20-19(13)16(15(3)23-20)10-18(26)24-8-6-21(7-9-24)12-22-17(25)11-27-21/h4-5,23H,6-12H2,1-3H3,(H,22,25). The van der Waals surface area contributed by atoms with Crippen LogP contribution in [0.3, 0.4) is 0 Å². The van der Waals surface area contributed by atoms with E-state index in [0.29, 0.717) is 26.1 Å². The third-order valence-corrected chi connectivity index (χ3v) is 6.16. The van der Waals surface area contributed by atoms with Crippen LogP contribution in [-0.2, 0) is 20.7 Å². The predicted octanol–water partition coefficient (Wildman–Crippen LogP) is 2.14. The van der Waals surface area contributed by atoms with Crippen LogP contribution < -0.4 is 5.32 Å². The molecule has 2 aliphatic heterocycles. The highest BCUT2D eigenvalue weighted by Gasteiger charge is 2.40. The van der Waals surface area contributed by atoms with Gasteiger partial charge in [-0.2, -0.15) is 0 Å². The van der Waals surface area contributed by atoms with E-state index < -0.39 is 0 Å². The molecular formula is C21H27N3O3. The maximum absolute atomic E-state index is 13.0. The second kappa shape index (κ2) is 6.68. The van der Waals surface area contributed by atoms with Gasteiger partial charge in [0.2, 0.25) is 11.8 Å². The summed E-state index contributed by atoms with van der Waals surface area (Å²) in [6, 6.07) is 4.24. The zero-order chi connectivity index (χ0) is 19.2. The van der Waals surface area contributed by atoms with Crippen LogP contribution in [0.15, 0.2) is 12.1 Å². The minimum absolute atomic E-state index is 0.0559. The summed E-state index contributed by atoms with van der Waals surface area (Å²) >= 11 is 0. The van der Waals surface area contributed by atoms with Gasteiger partial charge < -0.3 is 19.9 Å². The van der Waals surface area contributed by atoms with Crippen LogP contribution in [0, 0.1) is 20.8 Å². The van der Waals surface area contributed by atoms with Crippen molar-refractivity contribution in [2.75, 3.05) is 26.2 Å². The third kappa shape index (κ3) is 3.23. The van der Waals surface area contributed by atoms with Crippen LogP contribution in [-0.4, -0.2) is 53.5 Å². The highest BCUT2D eigenvalue weighted by Crippen LogP contribution is 2.31. The number of likely N-dealkylation sites (tertiary alicyclic amines) is 1. The Morgan fingerprint density at radius 3 is 2.56 bits per heavy atom. The molecule has 0 atom stereocenters. The summed E-state index contributed by atoms with van der Waals surface area (Å²) in [4.78, 5) is 29.7. The molecule has 0 saturated carbocycles. The summed E-state index contributed by atoms with van der Waals surface area (Å²) in [7, 11) is 0. The summed E-state index contributed by atoms with van der Waals surface area (Å²) < 4.78 is 5.80. The van der Waals surface area contributed by atoms with Crippen LogP contribution in [0.25, 0.3) is 10.9 Å². The molecule has 4 rings (SSSR count). The Morgan fingerprint density at radius 1 is 1.19 bits per heavy atom. The van der Waals surface area contributed by atoms with E-state index in [1.54, 1.807) is 0 Å². The third-order valence-electron chi connectivity index (χ3n) is 6.16. The smallest absolute Gasteiger partial charge is 0.246 e. The van der Waals surface area contributed by atoms with E-state index in [1.165, 1.54) is 16.5 Å². The van der Waals surface area contributed by atoms with Gasteiger partial charge in [0, 0.05) is 36.2 Å². The van der Waals surface area contributed by atoms with Crippen molar-refractivity contribution in [3.63, 3.8) is 0 Å². The number of aromatic amines is 1. The summed E-state index contributed by atoms with van der Waals surface area (Å²) in [6.07, 6.45) is 1.95. The fraction of sp³-hybridized carbons (Fsp3) is 0.524. The molecule has 2 aliphatic rings. The summed E-state index contributed by atoms with van der Waals surface area (Å²) in [5, 5.41) is 4.08. The van der Waals surface area contributed by atoms with E-state index >= 15 is 0 Å². The normalized spacial score (nSPS) is 19.5. The number of hydrogen-bond donors (Lipinski definition) is 2. The van der Waals surface area contributed by atoms with Gasteiger partial charge in [0.25, 0.3) is 0 Å². The number of nitrogens with zero attached hydrogens (tertiary/aromatic N) is 1. The number of hydrogen-bond acceptors (Lipinski definition) is 3. The molecule has 6 nitrogen and oxygen atoms in total. The maximum Gasteiger partial charge on any atom is 0.246 e. The molecule has 0 bridgehead atoms. The van der Waals surface area contributed by atoms with Crippen LogP contribution in [0.1, 0.15) is 35.2 Å². The zero-order valence-corrected chi connectivity index (χ0v) is 16.3. The number of nitrogens with one attached hydrogen (secondary N) is 2. The van der Waals surface area contributed by atoms with Crippen molar-refractivity contribution in [1.82, 2.24) is 15.2 Å². The Morgan fingerprint density at radius 2 is 1.89 bits per heavy atom. The first-order chi connectivity index (χ1) is 12.9. The van der Waals surface area contributed by atoms with Crippen molar-refractivity contribution in [1.29, 1.82) is 0 Å². The minimum atomic E-state index is -0.297. The lowest BCUT2D eigenvalue weighted by Crippen LogP contribution is -2.58. The molecular weight excluding hydrogens is 342 g/mol. The molecule has 3 heterocycles. The van der Waals surface area contributed by atoms with Gasteiger partial charge in [-0.25, -0.2) is 0 Å². The fourth-order valence-electron chi connectivity index (χ4n) is 4.36. The molecule has 144 valence electrons. The van der Waals surface area contributed by atoms with Crippen molar-refractivity contribution in [2.24, 2.45) is 0 Å². The summed E-state index contributed by atoms with van der Waals surface area (Å²) in [6.45, 7) is 8.27. The van der Waals surface area contributed by atoms with E-state index in [9.17, 15) is 9.59 Å². The van der Waals surface area contributed by atoms with E-state index in [1.807, 2.05) is 11.8 Å². The number of rotatable bonds is 2. The Labute approximate surface area is 159 Å². The number of aryl methyl sites for hydroxylation is 3. The van der Waals surface area contributed by atoms with E-state index in [-0.39, 0.29) is 24.0 Å². The molecule has 0 aliphatic carbocycles. The Kier molecular flexibility index (Phi) is 4.46. The quantitative estimate of drug-likeness (QED) is 0.852. The maximum atomic E-state index is 13.0. The summed E-state index contributed by atoms with van der Waals surface area (Å²) in [5.41, 5.74) is 5.43. The largest absolute Gasteiger partial charge is 0.363 e. The van der Waals surface area contributed by atoms with Crippen LogP contribution in [0.2, 0.25) is 0 Å². The molecule has 2 amide bonds. The van der Waals surface area contributed by atoms with E-state index in [2.05, 4.69) is 36.3 Å². The Hall–Kier alpha value is -2.34. The highest BCUT2D eigenvalue weighted by atomic mass is 16.5. The predicted molar refractivity (Wildman–Crippen MR) is 104 cm³/mol. The molecule has 1 spiro atoms. The van der Waals surface area contributed by atoms with E-state index in [0.717, 1.165) is 29.6 Å². The first kappa shape index (κ1) is 18.0. The van der Waals surface area contributed by atoms with Crippen LogP contribution >= 0.6 is 0 Å². The topological polar surface area (TPSA) is 74.4 Å². The highest BCUT2D eigenvalue weighted by molar-refractivity contribution is 5.94. The number of fused-ring (bicyclic) bond motifs is 1. The molecule has 6 heteroatoms. The molecule has 2 saturated heterocycles. The fourth-order valence-corrected chi connectivity index (χ4v) is 4.36. The number of amides is 2. The van der Waals surface area contributed by atoms with Crippen LogP contribution in [0.4, 0.5) is 0 Å². The van der Waals surface area contributed by atoms with Gasteiger partial charge in [-0.3, -0.25) is 9.59 Å². The Balaban J connectivity index is 1.48. The van der Waals surface area contributed by atoms with Gasteiger partial charge in [0.1, 0.15) is 6.61 Å². The number of H-pyrrole nitrogens is 1. The van der Waals surface area contributed by atoms with Gasteiger partial charge in [0.05, 0.1) is 12.0 Å². The number of carbonyl (C=O) groups is 2. The van der Waals surface area contributed by atoms with Gasteiger partial charge in [-0.05, 0) is 50.3 Å². The molecule has 1 aromatic carbocycles. The number of carbonyl (C=O) groups excluding carboxylic acids is 2. The lowest BCUT2D eigenvalue weighted by atomic mass is 9.89. The first-order valence-corrected chi connectivity index (χ1v) is 9.64. The molecule has 2 N–H and O–H groups in total. The molecule has 2 aromatic rings. The number of morpholine rings is 1. The molecule has 2 fully saturated rings.